The average Bonchev–Trinajstić information content (AvgIpc) is 3.02. The van der Waals surface area contributed by atoms with Gasteiger partial charge in [-0.15, -0.1) is 11.3 Å². The van der Waals surface area contributed by atoms with E-state index < -0.39 is 6.10 Å². The third-order valence-electron chi connectivity index (χ3n) is 3.55. The minimum absolute atomic E-state index is 0.0780. The molecule has 5 heteroatoms. The molecule has 0 saturated carbocycles. The minimum Gasteiger partial charge on any atom is -0.388 e. The molecular formula is C17H22N2O2S. The molecule has 0 radical (unpaired) electrons. The summed E-state index contributed by atoms with van der Waals surface area (Å²) in [6, 6.07) is 13.5. The molecule has 0 saturated heterocycles. The molecule has 0 aliphatic carbocycles. The zero-order chi connectivity index (χ0) is 15.9. The van der Waals surface area contributed by atoms with Crippen LogP contribution in [0.3, 0.4) is 0 Å². The lowest BCUT2D eigenvalue weighted by atomic mass is 10.1. The number of hydrogen-bond acceptors (Lipinski definition) is 4. The first-order valence-electron chi connectivity index (χ1n) is 7.27. The highest BCUT2D eigenvalue weighted by molar-refractivity contribution is 7.10. The number of thiophene rings is 1. The van der Waals surface area contributed by atoms with Gasteiger partial charge in [-0.3, -0.25) is 4.79 Å². The van der Waals surface area contributed by atoms with Gasteiger partial charge < -0.3 is 15.3 Å². The Labute approximate surface area is 135 Å². The highest BCUT2D eigenvalue weighted by Crippen LogP contribution is 2.22. The van der Waals surface area contributed by atoms with Crippen molar-refractivity contribution in [2.75, 3.05) is 20.6 Å². The molecule has 0 aliphatic heterocycles. The Morgan fingerprint density at radius 1 is 1.23 bits per heavy atom. The number of aliphatic hydroxyl groups is 1. The van der Waals surface area contributed by atoms with Gasteiger partial charge in [-0.2, -0.15) is 0 Å². The zero-order valence-corrected chi connectivity index (χ0v) is 13.7. The van der Waals surface area contributed by atoms with Gasteiger partial charge in [0, 0.05) is 11.4 Å². The SMILES string of the molecule is CN(C)C(CNC(=O)CC(O)c1ccccc1)c1cccs1. The molecule has 1 aromatic carbocycles. The number of amides is 1. The molecule has 1 heterocycles. The first kappa shape index (κ1) is 16.7. The van der Waals surface area contributed by atoms with Crippen LogP contribution in [0.5, 0.6) is 0 Å². The fourth-order valence-electron chi connectivity index (χ4n) is 2.27. The van der Waals surface area contributed by atoms with Crippen molar-refractivity contribution < 1.29 is 9.90 Å². The van der Waals surface area contributed by atoms with Gasteiger partial charge in [0.2, 0.25) is 5.91 Å². The van der Waals surface area contributed by atoms with Crippen molar-refractivity contribution in [1.29, 1.82) is 0 Å². The van der Waals surface area contributed by atoms with Crippen LogP contribution in [0.15, 0.2) is 47.8 Å². The molecule has 1 aromatic heterocycles. The molecule has 0 spiro atoms. The summed E-state index contributed by atoms with van der Waals surface area (Å²) in [5, 5.41) is 15.0. The summed E-state index contributed by atoms with van der Waals surface area (Å²) in [7, 11) is 3.99. The Balaban J connectivity index is 1.86. The van der Waals surface area contributed by atoms with Crippen molar-refractivity contribution in [3.8, 4) is 0 Å². The molecular weight excluding hydrogens is 296 g/mol. The van der Waals surface area contributed by atoms with E-state index in [1.54, 1.807) is 11.3 Å². The van der Waals surface area contributed by atoms with Crippen LogP contribution < -0.4 is 5.32 Å². The number of nitrogens with zero attached hydrogens (tertiary/aromatic N) is 1. The van der Waals surface area contributed by atoms with E-state index in [2.05, 4.69) is 16.3 Å². The van der Waals surface area contributed by atoms with Gasteiger partial charge in [0.15, 0.2) is 0 Å². The summed E-state index contributed by atoms with van der Waals surface area (Å²) in [6.07, 6.45) is -0.685. The summed E-state index contributed by atoms with van der Waals surface area (Å²) < 4.78 is 0. The molecule has 4 nitrogen and oxygen atoms in total. The van der Waals surface area contributed by atoms with Gasteiger partial charge in [-0.25, -0.2) is 0 Å². The number of carbonyl (C=O) groups is 1. The number of likely N-dealkylation sites (N-methyl/N-ethyl adjacent to an activating group) is 1. The number of benzene rings is 1. The van der Waals surface area contributed by atoms with Gasteiger partial charge in [-0.1, -0.05) is 36.4 Å². The minimum atomic E-state index is -0.763. The first-order valence-corrected chi connectivity index (χ1v) is 8.15. The lowest BCUT2D eigenvalue weighted by Crippen LogP contribution is -2.34. The van der Waals surface area contributed by atoms with E-state index in [0.29, 0.717) is 6.54 Å². The molecule has 0 aliphatic rings. The maximum atomic E-state index is 12.0. The molecule has 2 N–H and O–H groups in total. The topological polar surface area (TPSA) is 52.6 Å². The summed E-state index contributed by atoms with van der Waals surface area (Å²) in [6.45, 7) is 0.536. The van der Waals surface area contributed by atoms with Crippen LogP contribution in [0.4, 0.5) is 0 Å². The van der Waals surface area contributed by atoms with Crippen molar-refractivity contribution in [3.05, 3.63) is 58.3 Å². The van der Waals surface area contributed by atoms with Crippen LogP contribution in [-0.2, 0) is 4.79 Å². The van der Waals surface area contributed by atoms with E-state index in [-0.39, 0.29) is 18.4 Å². The van der Waals surface area contributed by atoms with Crippen molar-refractivity contribution >= 4 is 17.2 Å². The Hall–Kier alpha value is -1.69. The van der Waals surface area contributed by atoms with Crippen molar-refractivity contribution in [2.24, 2.45) is 0 Å². The van der Waals surface area contributed by atoms with Crippen molar-refractivity contribution in [1.82, 2.24) is 10.2 Å². The predicted octanol–water partition coefficient (Wildman–Crippen LogP) is 2.59. The second kappa shape index (κ2) is 8.08. The Morgan fingerprint density at radius 2 is 1.95 bits per heavy atom. The smallest absolute Gasteiger partial charge is 0.223 e. The Kier molecular flexibility index (Phi) is 6.12. The summed E-state index contributed by atoms with van der Waals surface area (Å²) in [5.41, 5.74) is 0.764. The average molecular weight is 318 g/mol. The van der Waals surface area contributed by atoms with Gasteiger partial charge in [-0.05, 0) is 31.1 Å². The number of aliphatic hydroxyl groups excluding tert-OH is 1. The van der Waals surface area contributed by atoms with Crippen LogP contribution in [0.1, 0.15) is 29.0 Å². The van der Waals surface area contributed by atoms with E-state index in [1.165, 1.54) is 4.88 Å². The second-order valence-electron chi connectivity index (χ2n) is 5.43. The molecule has 118 valence electrons. The maximum absolute atomic E-state index is 12.0. The summed E-state index contributed by atoms with van der Waals surface area (Å²) in [5.74, 6) is -0.139. The highest BCUT2D eigenvalue weighted by atomic mass is 32.1. The zero-order valence-electron chi connectivity index (χ0n) is 12.9. The van der Waals surface area contributed by atoms with Crippen LogP contribution in [0, 0.1) is 0 Å². The molecule has 2 atom stereocenters. The fourth-order valence-corrected chi connectivity index (χ4v) is 3.19. The number of carbonyl (C=O) groups excluding carboxylic acids is 1. The molecule has 2 rings (SSSR count). The monoisotopic (exact) mass is 318 g/mol. The lowest BCUT2D eigenvalue weighted by Gasteiger charge is -2.23. The van der Waals surface area contributed by atoms with Gasteiger partial charge in [0.05, 0.1) is 18.6 Å². The largest absolute Gasteiger partial charge is 0.388 e. The van der Waals surface area contributed by atoms with Crippen molar-refractivity contribution in [2.45, 2.75) is 18.6 Å². The molecule has 22 heavy (non-hydrogen) atoms. The van der Waals surface area contributed by atoms with E-state index in [0.717, 1.165) is 5.56 Å². The van der Waals surface area contributed by atoms with Crippen molar-refractivity contribution in [3.63, 3.8) is 0 Å². The molecule has 0 fully saturated rings. The third-order valence-corrected chi connectivity index (χ3v) is 4.52. The van der Waals surface area contributed by atoms with E-state index >= 15 is 0 Å². The second-order valence-corrected chi connectivity index (χ2v) is 6.41. The first-order chi connectivity index (χ1) is 10.6. The number of nitrogens with one attached hydrogen (secondary N) is 1. The number of rotatable bonds is 7. The Bertz CT molecular complexity index is 570. The van der Waals surface area contributed by atoms with Gasteiger partial charge >= 0.3 is 0 Å². The maximum Gasteiger partial charge on any atom is 0.223 e. The molecule has 2 unspecified atom stereocenters. The van der Waals surface area contributed by atoms with Crippen LogP contribution in [0.2, 0.25) is 0 Å². The standard InChI is InChI=1S/C17H22N2O2S/c1-19(2)14(16-9-6-10-22-16)12-18-17(21)11-15(20)13-7-4-3-5-8-13/h3-10,14-15,20H,11-12H2,1-2H3,(H,18,21). The summed E-state index contributed by atoms with van der Waals surface area (Å²) >= 11 is 1.68. The van der Waals surface area contributed by atoms with E-state index in [4.69, 9.17) is 0 Å². The lowest BCUT2D eigenvalue weighted by molar-refractivity contribution is -0.123. The number of hydrogen-bond donors (Lipinski definition) is 2. The van der Waals surface area contributed by atoms with Crippen LogP contribution in [-0.4, -0.2) is 36.6 Å². The Morgan fingerprint density at radius 3 is 2.55 bits per heavy atom. The normalized spacial score (nSPS) is 13.8. The predicted molar refractivity (Wildman–Crippen MR) is 89.8 cm³/mol. The molecule has 1 amide bonds. The van der Waals surface area contributed by atoms with Gasteiger partial charge in [0.1, 0.15) is 0 Å². The quantitative estimate of drug-likeness (QED) is 0.825. The van der Waals surface area contributed by atoms with E-state index in [9.17, 15) is 9.90 Å². The molecule has 2 aromatic rings. The van der Waals surface area contributed by atoms with Crippen LogP contribution in [0.25, 0.3) is 0 Å². The summed E-state index contributed by atoms with van der Waals surface area (Å²) in [4.78, 5) is 15.3. The van der Waals surface area contributed by atoms with Gasteiger partial charge in [0.25, 0.3) is 0 Å². The highest BCUT2D eigenvalue weighted by Gasteiger charge is 2.18. The van der Waals surface area contributed by atoms with Crippen LogP contribution >= 0.6 is 11.3 Å². The fraction of sp³-hybridized carbons (Fsp3) is 0.353. The molecule has 0 bridgehead atoms. The third kappa shape index (κ3) is 4.66. The van der Waals surface area contributed by atoms with E-state index in [1.807, 2.05) is 55.9 Å².